The van der Waals surface area contributed by atoms with Gasteiger partial charge in [0.2, 0.25) is 0 Å². The van der Waals surface area contributed by atoms with Crippen molar-refractivity contribution in [1.29, 1.82) is 0 Å². The molecule has 0 aromatic heterocycles. The summed E-state index contributed by atoms with van der Waals surface area (Å²) in [7, 11) is 0. The van der Waals surface area contributed by atoms with Gasteiger partial charge in [0.15, 0.2) is 0 Å². The van der Waals surface area contributed by atoms with E-state index in [1.165, 1.54) is 0 Å². The van der Waals surface area contributed by atoms with Gasteiger partial charge < -0.3 is 0 Å². The molecule has 0 bridgehead atoms. The zero-order valence-corrected chi connectivity index (χ0v) is 15.6. The van der Waals surface area contributed by atoms with Crippen LogP contribution in [0, 0.1) is 0 Å². The minimum atomic E-state index is -1.94. The number of hydrogen-bond donors (Lipinski definition) is 0. The van der Waals surface area contributed by atoms with Crippen LogP contribution in [0.4, 0.5) is 0 Å². The standard InChI is InChI=1S/C3H9Si.3C3H7.Sn/c1-4(2)3;3*1-3-2;/h1-3H3;3*3H,1-2H3;. The SMILES string of the molecule is C[CH](C)[Sn]([CH](C)C)([CH](C)C)[Si](C)(C)C. The molecule has 14 heavy (non-hydrogen) atoms. The molecule has 0 aliphatic carbocycles. The molecule has 0 heterocycles. The van der Waals surface area contributed by atoms with Crippen molar-refractivity contribution in [3.05, 3.63) is 0 Å². The summed E-state index contributed by atoms with van der Waals surface area (Å²) in [4.78, 5) is 0. The van der Waals surface area contributed by atoms with Crippen LogP contribution in [0.15, 0.2) is 0 Å². The fraction of sp³-hybridized carbons (Fsp3) is 1.00. The molecule has 2 heteroatoms. The average molecular weight is 321 g/mol. The first-order valence-corrected chi connectivity index (χ1v) is 18.8. The number of hydrogen-bond acceptors (Lipinski definition) is 0. The Morgan fingerprint density at radius 1 is 0.643 bits per heavy atom. The third-order valence-electron chi connectivity index (χ3n) is 4.17. The van der Waals surface area contributed by atoms with E-state index < -0.39 is 23.2 Å². The van der Waals surface area contributed by atoms with Crippen LogP contribution in [-0.2, 0) is 0 Å². The van der Waals surface area contributed by atoms with Gasteiger partial charge in [0, 0.05) is 0 Å². The van der Waals surface area contributed by atoms with Crippen LogP contribution in [-0.4, -0.2) is 23.2 Å². The van der Waals surface area contributed by atoms with Gasteiger partial charge in [-0.25, -0.2) is 0 Å². The van der Waals surface area contributed by atoms with E-state index in [0.717, 1.165) is 11.8 Å². The van der Waals surface area contributed by atoms with Crippen molar-refractivity contribution >= 4 is 23.2 Å². The van der Waals surface area contributed by atoms with Crippen LogP contribution < -0.4 is 0 Å². The van der Waals surface area contributed by atoms with Crippen molar-refractivity contribution < 1.29 is 0 Å². The summed E-state index contributed by atoms with van der Waals surface area (Å²) in [6.45, 7) is 22.9. The van der Waals surface area contributed by atoms with Crippen LogP contribution in [0.2, 0.25) is 31.4 Å². The Hall–Kier alpha value is 1.02. The van der Waals surface area contributed by atoms with E-state index in [1.54, 1.807) is 0 Å². The van der Waals surface area contributed by atoms with E-state index in [1.807, 2.05) is 0 Å². The van der Waals surface area contributed by atoms with E-state index in [2.05, 4.69) is 61.2 Å². The molecular weight excluding hydrogens is 291 g/mol. The van der Waals surface area contributed by atoms with Crippen molar-refractivity contribution in [2.75, 3.05) is 0 Å². The van der Waals surface area contributed by atoms with E-state index in [4.69, 9.17) is 0 Å². The Labute approximate surface area is 95.8 Å². The summed E-state index contributed by atoms with van der Waals surface area (Å²) in [5, 5.41) is 0. The molecule has 0 aromatic carbocycles. The Kier molecular flexibility index (Phi) is 5.25. The van der Waals surface area contributed by atoms with Gasteiger partial charge >= 0.3 is 96.2 Å². The van der Waals surface area contributed by atoms with Crippen molar-refractivity contribution in [2.45, 2.75) is 73.0 Å². The molecule has 0 nitrogen and oxygen atoms in total. The van der Waals surface area contributed by atoms with E-state index >= 15 is 0 Å². The second-order valence-corrected chi connectivity index (χ2v) is 45.0. The molecule has 0 fully saturated rings. The van der Waals surface area contributed by atoms with Gasteiger partial charge in [0.1, 0.15) is 0 Å². The van der Waals surface area contributed by atoms with Crippen molar-refractivity contribution in [3.63, 3.8) is 0 Å². The van der Waals surface area contributed by atoms with E-state index in [0.29, 0.717) is 0 Å². The molecule has 0 unspecified atom stereocenters. The van der Waals surface area contributed by atoms with Gasteiger partial charge in [0.25, 0.3) is 0 Å². The molecular formula is C12H30SiSn. The predicted octanol–water partition coefficient (Wildman–Crippen LogP) is 5.08. The van der Waals surface area contributed by atoms with E-state index in [-0.39, 0.29) is 0 Å². The zero-order chi connectivity index (χ0) is 11.7. The molecule has 0 aromatic rings. The normalized spacial score (nSPS) is 14.6. The third-order valence-corrected chi connectivity index (χ3v) is 57.0. The van der Waals surface area contributed by atoms with Gasteiger partial charge in [-0.1, -0.05) is 0 Å². The van der Waals surface area contributed by atoms with Gasteiger partial charge in [-0.05, 0) is 0 Å². The molecule has 0 spiro atoms. The van der Waals surface area contributed by atoms with Crippen molar-refractivity contribution in [3.8, 4) is 0 Å². The van der Waals surface area contributed by atoms with Gasteiger partial charge in [-0.2, -0.15) is 0 Å². The monoisotopic (exact) mass is 322 g/mol. The molecule has 0 radical (unpaired) electrons. The molecule has 0 aliphatic rings. The summed E-state index contributed by atoms with van der Waals surface area (Å²) >= 11 is -1.94. The average Bonchev–Trinajstić information content (AvgIpc) is 1.79. The van der Waals surface area contributed by atoms with Crippen LogP contribution in [0.1, 0.15) is 41.5 Å². The summed E-state index contributed by atoms with van der Waals surface area (Å²) < 4.78 is 3.03. The molecule has 0 amide bonds. The third kappa shape index (κ3) is 2.39. The molecule has 0 aliphatic heterocycles. The summed E-state index contributed by atoms with van der Waals surface area (Å²) in [5.74, 6) is 0. The van der Waals surface area contributed by atoms with E-state index in [9.17, 15) is 0 Å². The maximum absolute atomic E-state index is 2.63. The first-order valence-electron chi connectivity index (χ1n) is 6.08. The first-order chi connectivity index (χ1) is 6.08. The second-order valence-electron chi connectivity index (χ2n) is 6.65. The van der Waals surface area contributed by atoms with Crippen LogP contribution in [0.25, 0.3) is 0 Å². The van der Waals surface area contributed by atoms with Gasteiger partial charge in [-0.3, -0.25) is 0 Å². The quantitative estimate of drug-likeness (QED) is 0.633. The zero-order valence-electron chi connectivity index (χ0n) is 11.7. The Morgan fingerprint density at radius 3 is 0.857 bits per heavy atom. The topological polar surface area (TPSA) is 0 Å². The summed E-state index contributed by atoms with van der Waals surface area (Å²) in [5.41, 5.74) is -0.916. The summed E-state index contributed by atoms with van der Waals surface area (Å²) in [6, 6.07) is 0. The predicted molar refractivity (Wildman–Crippen MR) is 74.4 cm³/mol. The Bertz CT molecular complexity index is 155. The molecule has 86 valence electrons. The molecule has 0 saturated heterocycles. The maximum atomic E-state index is 2.63. The van der Waals surface area contributed by atoms with Crippen molar-refractivity contribution in [2.24, 2.45) is 0 Å². The molecule has 0 atom stereocenters. The molecule has 0 saturated carbocycles. The Morgan fingerprint density at radius 2 is 0.857 bits per heavy atom. The second kappa shape index (κ2) is 4.90. The minimum absolute atomic E-state index is 0.916. The Balaban J connectivity index is 5.40. The number of rotatable bonds is 4. The summed E-state index contributed by atoms with van der Waals surface area (Å²) in [6.07, 6.45) is 0. The first kappa shape index (κ1) is 15.0. The van der Waals surface area contributed by atoms with Gasteiger partial charge in [-0.15, -0.1) is 0 Å². The molecule has 0 rings (SSSR count). The van der Waals surface area contributed by atoms with Crippen LogP contribution >= 0.6 is 0 Å². The van der Waals surface area contributed by atoms with Crippen molar-refractivity contribution in [1.82, 2.24) is 0 Å². The van der Waals surface area contributed by atoms with Crippen LogP contribution in [0.5, 0.6) is 0 Å². The van der Waals surface area contributed by atoms with Gasteiger partial charge in [0.05, 0.1) is 0 Å². The fourth-order valence-electron chi connectivity index (χ4n) is 4.60. The molecule has 0 N–H and O–H groups in total. The van der Waals surface area contributed by atoms with Crippen LogP contribution in [0.3, 0.4) is 0 Å². The fourth-order valence-corrected chi connectivity index (χ4v) is 65.7.